The quantitative estimate of drug-likeness (QED) is 0.344. The Morgan fingerprint density at radius 3 is 2.36 bits per heavy atom. The smallest absolute Gasteiger partial charge is 0.335 e. The molecule has 0 amide bonds. The van der Waals surface area contributed by atoms with Gasteiger partial charge in [-0.2, -0.15) is 0 Å². The minimum Gasteiger partial charge on any atom is -0.478 e. The van der Waals surface area contributed by atoms with Crippen LogP contribution in [0.5, 0.6) is 0 Å². The maximum Gasteiger partial charge on any atom is 0.335 e. The lowest BCUT2D eigenvalue weighted by molar-refractivity contribution is 0.0696. The van der Waals surface area contributed by atoms with Gasteiger partial charge in [0.05, 0.1) is 5.56 Å². The molecule has 0 aromatic heterocycles. The zero-order valence-electron chi connectivity index (χ0n) is 15.8. The lowest BCUT2D eigenvalue weighted by atomic mass is 9.99. The number of Topliss-reactive ketones (excluding diaryl/α,β-unsaturated/α-hetero) is 1. The number of carbonyl (C=O) groups excluding carboxylic acids is 1. The van der Waals surface area contributed by atoms with E-state index in [4.69, 9.17) is 10.5 Å². The van der Waals surface area contributed by atoms with Crippen molar-refractivity contribution in [2.45, 2.75) is 13.8 Å². The van der Waals surface area contributed by atoms with Crippen molar-refractivity contribution in [1.29, 1.82) is 5.41 Å². The Morgan fingerprint density at radius 1 is 1.11 bits per heavy atom. The van der Waals surface area contributed by atoms with Crippen molar-refractivity contribution < 1.29 is 14.7 Å². The molecule has 0 saturated carbocycles. The number of nitrogens with one attached hydrogen (secondary N) is 2. The molecule has 0 aliphatic heterocycles. The van der Waals surface area contributed by atoms with Crippen LogP contribution in [0.1, 0.15) is 33.2 Å². The Morgan fingerprint density at radius 2 is 1.79 bits per heavy atom. The van der Waals surface area contributed by atoms with Gasteiger partial charge in [-0.15, -0.1) is 0 Å². The van der Waals surface area contributed by atoms with Gasteiger partial charge >= 0.3 is 5.97 Å². The molecule has 0 atom stereocenters. The molecule has 0 bridgehead atoms. The van der Waals surface area contributed by atoms with Crippen molar-refractivity contribution in [3.63, 3.8) is 0 Å². The van der Waals surface area contributed by atoms with Crippen LogP contribution in [-0.4, -0.2) is 22.6 Å². The van der Waals surface area contributed by atoms with Gasteiger partial charge in [0.2, 0.25) is 5.78 Å². The van der Waals surface area contributed by atoms with E-state index in [9.17, 15) is 9.59 Å². The summed E-state index contributed by atoms with van der Waals surface area (Å²) in [5.74, 6) is -1.37. The fourth-order valence-electron chi connectivity index (χ4n) is 2.51. The number of benzene rings is 2. The Hall–Kier alpha value is -3.73. The maximum absolute atomic E-state index is 12.7. The zero-order chi connectivity index (χ0) is 20.7. The average molecular weight is 374 g/mol. The molecule has 0 heterocycles. The van der Waals surface area contributed by atoms with Crippen LogP contribution in [0.3, 0.4) is 0 Å². The van der Waals surface area contributed by atoms with Gasteiger partial charge in [-0.3, -0.25) is 10.2 Å². The van der Waals surface area contributed by atoms with Gasteiger partial charge in [-0.05, 0) is 50.3 Å². The van der Waals surface area contributed by atoms with Crippen molar-refractivity contribution in [2.75, 3.05) is 5.32 Å². The number of rotatable bonds is 8. The maximum atomic E-state index is 12.7. The van der Waals surface area contributed by atoms with Gasteiger partial charge in [-0.25, -0.2) is 4.79 Å². The number of anilines is 1. The monoisotopic (exact) mass is 374 g/mol. The summed E-state index contributed by atoms with van der Waals surface area (Å²) in [7, 11) is 0. The van der Waals surface area contributed by atoms with Gasteiger partial charge in [0.1, 0.15) is 5.71 Å². The van der Waals surface area contributed by atoms with E-state index >= 15 is 0 Å². The van der Waals surface area contributed by atoms with Crippen molar-refractivity contribution in [1.82, 2.24) is 0 Å². The van der Waals surface area contributed by atoms with E-state index < -0.39 is 5.97 Å². The van der Waals surface area contributed by atoms with E-state index in [2.05, 4.69) is 11.9 Å². The number of ketones is 1. The van der Waals surface area contributed by atoms with Crippen molar-refractivity contribution in [2.24, 2.45) is 0 Å². The van der Waals surface area contributed by atoms with Gasteiger partial charge in [0.25, 0.3) is 0 Å². The molecule has 0 unspecified atom stereocenters. The first kappa shape index (κ1) is 20.6. The van der Waals surface area contributed by atoms with Gasteiger partial charge in [-0.1, -0.05) is 42.5 Å². The highest BCUT2D eigenvalue weighted by Crippen LogP contribution is 2.17. The Balaban J connectivity index is 2.35. The molecule has 2 aromatic rings. The normalized spacial score (nSPS) is 11.6. The lowest BCUT2D eigenvalue weighted by Crippen LogP contribution is -2.17. The molecular weight excluding hydrogens is 352 g/mol. The number of aromatic carboxylic acids is 1. The van der Waals surface area contributed by atoms with Crippen LogP contribution >= 0.6 is 0 Å². The van der Waals surface area contributed by atoms with E-state index in [-0.39, 0.29) is 17.1 Å². The summed E-state index contributed by atoms with van der Waals surface area (Å²) in [5, 5.41) is 20.5. The predicted molar refractivity (Wildman–Crippen MR) is 112 cm³/mol. The summed E-state index contributed by atoms with van der Waals surface area (Å²) >= 11 is 0. The molecule has 0 radical (unpaired) electrons. The second kappa shape index (κ2) is 9.28. The highest BCUT2D eigenvalue weighted by atomic mass is 16.4. The van der Waals surface area contributed by atoms with Crippen LogP contribution in [-0.2, 0) is 0 Å². The van der Waals surface area contributed by atoms with Crippen LogP contribution < -0.4 is 5.32 Å². The number of carbonyl (C=O) groups is 2. The molecule has 5 nitrogen and oxygen atoms in total. The van der Waals surface area contributed by atoms with E-state index in [1.54, 1.807) is 55.5 Å². The van der Waals surface area contributed by atoms with E-state index in [1.165, 1.54) is 12.1 Å². The Bertz CT molecular complexity index is 983. The zero-order valence-corrected chi connectivity index (χ0v) is 15.8. The molecule has 0 aliphatic rings. The molecule has 142 valence electrons. The van der Waals surface area contributed by atoms with Crippen LogP contribution in [0, 0.1) is 12.3 Å². The first-order valence-electron chi connectivity index (χ1n) is 8.64. The Kier molecular flexibility index (Phi) is 6.82. The summed E-state index contributed by atoms with van der Waals surface area (Å²) in [5.41, 5.74) is 3.12. The first-order valence-corrected chi connectivity index (χ1v) is 8.64. The first-order chi connectivity index (χ1) is 13.3. The highest BCUT2D eigenvalue weighted by molar-refractivity contribution is 6.50. The van der Waals surface area contributed by atoms with Crippen molar-refractivity contribution in [3.05, 3.63) is 101 Å². The molecule has 0 spiro atoms. The fraction of sp³-hybridized carbons (Fsp3) is 0.0870. The molecule has 28 heavy (non-hydrogen) atoms. The Labute approximate surface area is 164 Å². The van der Waals surface area contributed by atoms with E-state index in [0.717, 1.165) is 5.56 Å². The standard InChI is InChI=1S/C23H22N2O3/c1-4-5-9-20(25-19-12-10-17(11-13-19)23(27)28)16(3)21(24)22(26)18-8-6-7-15(2)14-18/h4-14,24-25H,1H2,2-3H3,(H,27,28)/b9-5-,20-16-,24-21?. The fourth-order valence-corrected chi connectivity index (χ4v) is 2.51. The van der Waals surface area contributed by atoms with Crippen LogP contribution in [0.25, 0.3) is 0 Å². The number of hydrogen-bond donors (Lipinski definition) is 3. The third-order valence-electron chi connectivity index (χ3n) is 4.10. The molecule has 5 heteroatoms. The summed E-state index contributed by atoms with van der Waals surface area (Å²) in [4.78, 5) is 23.7. The molecule has 3 N–H and O–H groups in total. The number of aryl methyl sites for hydroxylation is 1. The summed E-state index contributed by atoms with van der Waals surface area (Å²) in [6, 6.07) is 13.3. The largest absolute Gasteiger partial charge is 0.478 e. The average Bonchev–Trinajstić information content (AvgIpc) is 2.69. The second-order valence-electron chi connectivity index (χ2n) is 6.21. The van der Waals surface area contributed by atoms with Gasteiger partial charge < -0.3 is 10.4 Å². The molecular formula is C23H22N2O3. The second-order valence-corrected chi connectivity index (χ2v) is 6.21. The number of hydrogen-bond acceptors (Lipinski definition) is 4. The SMILES string of the molecule is C=C/C=C\C(Nc1ccc(C(=O)O)cc1)=C(/C)C(=N)C(=O)c1cccc(C)c1. The molecule has 2 aromatic carbocycles. The molecule has 0 saturated heterocycles. The molecule has 0 aliphatic carbocycles. The minimum absolute atomic E-state index is 0.121. The number of carboxylic acid groups (broad SMARTS) is 1. The minimum atomic E-state index is -1.00. The summed E-state index contributed by atoms with van der Waals surface area (Å²) in [6.07, 6.45) is 5.00. The summed E-state index contributed by atoms with van der Waals surface area (Å²) < 4.78 is 0. The summed E-state index contributed by atoms with van der Waals surface area (Å²) in [6.45, 7) is 7.23. The third-order valence-corrected chi connectivity index (χ3v) is 4.10. The predicted octanol–water partition coefficient (Wildman–Crippen LogP) is 5.02. The van der Waals surface area contributed by atoms with E-state index in [0.29, 0.717) is 22.5 Å². The lowest BCUT2D eigenvalue weighted by Gasteiger charge is -2.13. The van der Waals surface area contributed by atoms with Gasteiger partial charge in [0, 0.05) is 22.5 Å². The van der Waals surface area contributed by atoms with Crippen LogP contribution in [0.4, 0.5) is 5.69 Å². The van der Waals surface area contributed by atoms with Crippen molar-refractivity contribution >= 4 is 23.2 Å². The van der Waals surface area contributed by atoms with Crippen molar-refractivity contribution in [3.8, 4) is 0 Å². The van der Waals surface area contributed by atoms with Gasteiger partial charge in [0.15, 0.2) is 0 Å². The number of allylic oxidation sites excluding steroid dienone is 4. The van der Waals surface area contributed by atoms with E-state index in [1.807, 2.05) is 13.0 Å². The third kappa shape index (κ3) is 5.14. The topological polar surface area (TPSA) is 90.2 Å². The van der Waals surface area contributed by atoms with Crippen LogP contribution in [0.2, 0.25) is 0 Å². The number of carboxylic acids is 1. The molecule has 0 fully saturated rings. The van der Waals surface area contributed by atoms with Crippen LogP contribution in [0.15, 0.2) is 84.6 Å². The molecule has 2 rings (SSSR count). The highest BCUT2D eigenvalue weighted by Gasteiger charge is 2.16.